The van der Waals surface area contributed by atoms with Crippen LogP contribution < -0.4 is 0 Å². The van der Waals surface area contributed by atoms with Crippen molar-refractivity contribution >= 4 is 19.0 Å². The molecule has 0 aliphatic carbocycles. The molecule has 3 aromatic heterocycles. The molecule has 0 saturated heterocycles. The van der Waals surface area contributed by atoms with Crippen LogP contribution in [0.5, 0.6) is 0 Å². The van der Waals surface area contributed by atoms with Crippen molar-refractivity contribution in [2.45, 2.75) is 32.4 Å². The number of pyridine rings is 2. The van der Waals surface area contributed by atoms with Crippen molar-refractivity contribution in [3.8, 4) is 11.4 Å². The van der Waals surface area contributed by atoms with E-state index < -0.39 is 8.07 Å². The third kappa shape index (κ3) is 3.83. The molecule has 0 atom stereocenters. The number of hydrogen-bond donors (Lipinski definition) is 0. The van der Waals surface area contributed by atoms with Gasteiger partial charge >= 0.3 is 0 Å². The molecule has 5 nitrogen and oxygen atoms in total. The first kappa shape index (κ1) is 15.8. The molecule has 0 unspecified atom stereocenters. The summed E-state index contributed by atoms with van der Waals surface area (Å²) < 4.78 is 7.66. The van der Waals surface area contributed by atoms with Crippen molar-refractivity contribution in [2.75, 3.05) is 6.61 Å². The molecule has 0 saturated carbocycles. The van der Waals surface area contributed by atoms with E-state index in [1.807, 2.05) is 35.1 Å². The minimum absolute atomic E-state index is 0.442. The summed E-state index contributed by atoms with van der Waals surface area (Å²) in [7, 11) is -1.07. The maximum atomic E-state index is 5.82. The third-order valence-corrected chi connectivity index (χ3v) is 5.39. The Balaban J connectivity index is 1.80. The lowest BCUT2D eigenvalue weighted by Crippen LogP contribution is -2.22. The van der Waals surface area contributed by atoms with Crippen LogP contribution in [-0.4, -0.2) is 34.4 Å². The molecular formula is C17H22N4OSi. The van der Waals surface area contributed by atoms with Crippen LogP contribution >= 0.6 is 0 Å². The van der Waals surface area contributed by atoms with Crippen LogP contribution in [0.1, 0.15) is 0 Å². The van der Waals surface area contributed by atoms with Gasteiger partial charge in [0.15, 0.2) is 0 Å². The van der Waals surface area contributed by atoms with Crippen molar-refractivity contribution < 1.29 is 4.74 Å². The highest BCUT2D eigenvalue weighted by molar-refractivity contribution is 6.76. The van der Waals surface area contributed by atoms with Gasteiger partial charge in [-0.05, 0) is 24.2 Å². The highest BCUT2D eigenvalue weighted by Gasteiger charge is 2.14. The van der Waals surface area contributed by atoms with Gasteiger partial charge in [-0.1, -0.05) is 25.7 Å². The molecule has 3 heterocycles. The summed E-state index contributed by atoms with van der Waals surface area (Å²) in [5.41, 5.74) is 2.66. The van der Waals surface area contributed by atoms with E-state index in [4.69, 9.17) is 4.74 Å². The van der Waals surface area contributed by atoms with Crippen LogP contribution in [0.15, 0.2) is 42.9 Å². The predicted molar refractivity (Wildman–Crippen MR) is 94.9 cm³/mol. The molecule has 0 amide bonds. The van der Waals surface area contributed by atoms with Gasteiger partial charge in [0.05, 0.1) is 11.2 Å². The fraction of sp³-hybridized carbons (Fsp3) is 0.353. The molecule has 0 spiro atoms. The quantitative estimate of drug-likeness (QED) is 0.510. The molecule has 3 aromatic rings. The lowest BCUT2D eigenvalue weighted by Gasteiger charge is -2.16. The Labute approximate surface area is 137 Å². The zero-order valence-electron chi connectivity index (χ0n) is 13.9. The van der Waals surface area contributed by atoms with E-state index in [2.05, 4.69) is 34.7 Å². The summed E-state index contributed by atoms with van der Waals surface area (Å²) in [6.45, 7) is 8.26. The molecule has 120 valence electrons. The van der Waals surface area contributed by atoms with Crippen LogP contribution in [0.4, 0.5) is 0 Å². The van der Waals surface area contributed by atoms with Gasteiger partial charge in [0.2, 0.25) is 0 Å². The smallest absolute Gasteiger partial charge is 0.140 e. The molecule has 0 aliphatic rings. The minimum Gasteiger partial charge on any atom is -0.360 e. The average molecular weight is 326 g/mol. The molecule has 3 rings (SSSR count). The average Bonchev–Trinajstić information content (AvgIpc) is 2.98. The maximum Gasteiger partial charge on any atom is 0.140 e. The maximum absolute atomic E-state index is 5.82. The van der Waals surface area contributed by atoms with Crippen LogP contribution in [0.25, 0.3) is 22.3 Å². The van der Waals surface area contributed by atoms with Crippen LogP contribution in [0.2, 0.25) is 25.7 Å². The summed E-state index contributed by atoms with van der Waals surface area (Å²) >= 11 is 0. The second-order valence-corrected chi connectivity index (χ2v) is 12.4. The van der Waals surface area contributed by atoms with Crippen LogP contribution in [0.3, 0.4) is 0 Å². The third-order valence-electron chi connectivity index (χ3n) is 3.69. The monoisotopic (exact) mass is 326 g/mol. The lowest BCUT2D eigenvalue weighted by molar-refractivity contribution is 0.0797. The molecular weight excluding hydrogens is 304 g/mol. The highest BCUT2D eigenvalue weighted by atomic mass is 28.3. The second kappa shape index (κ2) is 6.60. The molecule has 0 fully saturated rings. The van der Waals surface area contributed by atoms with Crippen molar-refractivity contribution in [2.24, 2.45) is 0 Å². The molecule has 0 radical (unpaired) electrons. The van der Waals surface area contributed by atoms with Gasteiger partial charge in [-0.15, -0.1) is 0 Å². The first-order chi connectivity index (χ1) is 11.0. The van der Waals surface area contributed by atoms with Crippen molar-refractivity contribution in [3.05, 3.63) is 42.9 Å². The second-order valence-electron chi connectivity index (χ2n) is 6.80. The molecule has 0 bridgehead atoms. The van der Waals surface area contributed by atoms with Gasteiger partial charge in [-0.25, -0.2) is 4.68 Å². The summed E-state index contributed by atoms with van der Waals surface area (Å²) in [6, 6.07) is 9.05. The van der Waals surface area contributed by atoms with E-state index in [0.717, 1.165) is 34.9 Å². The molecule has 6 heteroatoms. The van der Waals surface area contributed by atoms with Gasteiger partial charge in [0, 0.05) is 38.7 Å². The highest BCUT2D eigenvalue weighted by Crippen LogP contribution is 2.24. The standard InChI is InChI=1S/C17H22N4OSi/c1-23(2,3)12-11-22-13-21-15(7-10-20-21)17-16-14(6-9-19-17)5-4-8-18-16/h4-10H,11-13H2,1-3H3. The Morgan fingerprint density at radius 2 is 1.91 bits per heavy atom. The zero-order chi connectivity index (χ0) is 16.3. The summed E-state index contributed by atoms with van der Waals surface area (Å²) in [5.74, 6) is 0. The predicted octanol–water partition coefficient (Wildman–Crippen LogP) is 3.81. The molecule has 0 N–H and O–H groups in total. The van der Waals surface area contributed by atoms with E-state index in [0.29, 0.717) is 6.73 Å². The number of ether oxygens (including phenoxy) is 1. The first-order valence-corrected chi connectivity index (χ1v) is 11.5. The molecule has 0 aliphatic heterocycles. The Hall–Kier alpha value is -2.05. The van der Waals surface area contributed by atoms with E-state index >= 15 is 0 Å². The van der Waals surface area contributed by atoms with E-state index in [1.165, 1.54) is 0 Å². The minimum atomic E-state index is -1.07. The Kier molecular flexibility index (Phi) is 4.54. The molecule has 23 heavy (non-hydrogen) atoms. The number of nitrogens with zero attached hydrogens (tertiary/aromatic N) is 4. The van der Waals surface area contributed by atoms with Gasteiger partial charge in [0.1, 0.15) is 12.4 Å². The number of hydrogen-bond acceptors (Lipinski definition) is 4. The lowest BCUT2D eigenvalue weighted by atomic mass is 10.2. The Bertz CT molecular complexity index is 789. The Morgan fingerprint density at radius 3 is 2.74 bits per heavy atom. The number of fused-ring (bicyclic) bond motifs is 1. The number of aromatic nitrogens is 4. The fourth-order valence-electron chi connectivity index (χ4n) is 2.36. The Morgan fingerprint density at radius 1 is 1.04 bits per heavy atom. The first-order valence-electron chi connectivity index (χ1n) is 7.84. The summed E-state index contributed by atoms with van der Waals surface area (Å²) in [5, 5.41) is 5.44. The van der Waals surface area contributed by atoms with Crippen molar-refractivity contribution in [1.29, 1.82) is 0 Å². The van der Waals surface area contributed by atoms with Crippen LogP contribution in [0, 0.1) is 0 Å². The topological polar surface area (TPSA) is 52.8 Å². The van der Waals surface area contributed by atoms with Gasteiger partial charge in [-0.3, -0.25) is 9.97 Å². The van der Waals surface area contributed by atoms with Crippen molar-refractivity contribution in [3.63, 3.8) is 0 Å². The van der Waals surface area contributed by atoms with E-state index in [-0.39, 0.29) is 0 Å². The fourth-order valence-corrected chi connectivity index (χ4v) is 3.11. The normalized spacial score (nSPS) is 12.0. The summed E-state index contributed by atoms with van der Waals surface area (Å²) in [4.78, 5) is 8.97. The SMILES string of the molecule is C[Si](C)(C)CCOCn1nccc1-c1nccc2cccnc12. The van der Waals surface area contributed by atoms with Crippen LogP contribution in [-0.2, 0) is 11.5 Å². The van der Waals surface area contributed by atoms with E-state index in [9.17, 15) is 0 Å². The van der Waals surface area contributed by atoms with Gasteiger partial charge in [0.25, 0.3) is 0 Å². The van der Waals surface area contributed by atoms with E-state index in [1.54, 1.807) is 12.4 Å². The van der Waals surface area contributed by atoms with Crippen molar-refractivity contribution in [1.82, 2.24) is 19.7 Å². The van der Waals surface area contributed by atoms with Gasteiger partial charge < -0.3 is 4.74 Å². The largest absolute Gasteiger partial charge is 0.360 e. The summed E-state index contributed by atoms with van der Waals surface area (Å²) in [6.07, 6.45) is 5.38. The number of rotatable bonds is 6. The molecule has 0 aromatic carbocycles. The zero-order valence-corrected chi connectivity index (χ0v) is 14.9. The van der Waals surface area contributed by atoms with Gasteiger partial charge in [-0.2, -0.15) is 5.10 Å².